The molecule has 1 saturated heterocycles. The molecule has 2 aliphatic rings. The summed E-state index contributed by atoms with van der Waals surface area (Å²) in [6.45, 7) is 3.47. The first-order chi connectivity index (χ1) is 11.7. The SMILES string of the molecule is C[C@@H](O)[C@H]1C(=O)N2C(C(=O)O)=C(c3c[n+]4cn(C)c(Cl)c4s3)[C@H](C)[C@H]12. The number of aryl methyl sites for hydroxylation is 1. The molecular formula is C16H17ClN3O4S+. The van der Waals surface area contributed by atoms with E-state index in [0.717, 1.165) is 9.71 Å². The quantitative estimate of drug-likeness (QED) is 0.615. The zero-order valence-corrected chi connectivity index (χ0v) is 15.4. The van der Waals surface area contributed by atoms with Crippen molar-refractivity contribution in [3.8, 4) is 0 Å². The van der Waals surface area contributed by atoms with Crippen molar-refractivity contribution in [3.63, 3.8) is 0 Å². The first-order valence-corrected chi connectivity index (χ1v) is 9.08. The molecule has 4 atom stereocenters. The lowest BCUT2D eigenvalue weighted by Gasteiger charge is -2.46. The van der Waals surface area contributed by atoms with Crippen molar-refractivity contribution < 1.29 is 24.2 Å². The molecule has 2 N–H and O–H groups in total. The van der Waals surface area contributed by atoms with E-state index in [1.165, 1.54) is 16.2 Å². The molecule has 7 nitrogen and oxygen atoms in total. The average molecular weight is 383 g/mol. The number of fused-ring (bicyclic) bond motifs is 2. The van der Waals surface area contributed by atoms with Crippen molar-refractivity contribution in [2.24, 2.45) is 18.9 Å². The number of aliphatic hydroxyl groups is 1. The summed E-state index contributed by atoms with van der Waals surface area (Å²) < 4.78 is 3.63. The van der Waals surface area contributed by atoms with Gasteiger partial charge in [-0.2, -0.15) is 4.40 Å². The standard InChI is InChI=1S/C16H16ClN3O4S/c1-6-9(8-4-19-5-18(3)13(17)15(19)25-8)12(16(23)24)20-11(6)10(7(2)21)14(20)22/h4-7,10-11,21H,1-3H3/p+1/t6-,7+,10+,11+/m0/s1. The van der Waals surface area contributed by atoms with Crippen molar-refractivity contribution in [2.45, 2.75) is 26.0 Å². The molecule has 2 aliphatic heterocycles. The minimum atomic E-state index is -1.13. The minimum absolute atomic E-state index is 0.0180. The summed E-state index contributed by atoms with van der Waals surface area (Å²) >= 11 is 7.68. The highest BCUT2D eigenvalue weighted by atomic mass is 35.5. The van der Waals surface area contributed by atoms with Crippen molar-refractivity contribution in [3.05, 3.63) is 28.3 Å². The van der Waals surface area contributed by atoms with E-state index in [9.17, 15) is 19.8 Å². The van der Waals surface area contributed by atoms with Gasteiger partial charge in [-0.15, -0.1) is 0 Å². The van der Waals surface area contributed by atoms with Crippen LogP contribution in [0.1, 0.15) is 18.7 Å². The Kier molecular flexibility index (Phi) is 3.51. The molecule has 2 aromatic heterocycles. The molecule has 0 aliphatic carbocycles. The van der Waals surface area contributed by atoms with Crippen molar-refractivity contribution in [1.82, 2.24) is 9.47 Å². The number of carboxylic acid groups (broad SMARTS) is 1. The van der Waals surface area contributed by atoms with Gasteiger partial charge in [0.05, 0.1) is 30.0 Å². The van der Waals surface area contributed by atoms with E-state index in [1.807, 2.05) is 30.9 Å². The number of β-lactam (4-membered cyclic amide) rings is 1. The summed E-state index contributed by atoms with van der Waals surface area (Å²) in [6.07, 6.45) is 2.85. The fourth-order valence-electron chi connectivity index (χ4n) is 4.01. The van der Waals surface area contributed by atoms with Crippen LogP contribution in [0.4, 0.5) is 0 Å². The van der Waals surface area contributed by atoms with Gasteiger partial charge in [-0.3, -0.25) is 4.79 Å². The maximum Gasteiger partial charge on any atom is 0.352 e. The van der Waals surface area contributed by atoms with Gasteiger partial charge in [0, 0.05) is 11.5 Å². The van der Waals surface area contributed by atoms with E-state index >= 15 is 0 Å². The summed E-state index contributed by atoms with van der Waals surface area (Å²) in [5.41, 5.74) is 0.644. The van der Waals surface area contributed by atoms with Crippen LogP contribution < -0.4 is 4.40 Å². The molecule has 1 amide bonds. The molecule has 2 aromatic rings. The topological polar surface area (TPSA) is 86.9 Å². The first-order valence-electron chi connectivity index (χ1n) is 7.88. The Hall–Kier alpha value is -1.90. The number of halogens is 1. The van der Waals surface area contributed by atoms with E-state index in [2.05, 4.69) is 0 Å². The van der Waals surface area contributed by atoms with Gasteiger partial charge in [0.2, 0.25) is 10.7 Å². The molecule has 132 valence electrons. The third kappa shape index (κ3) is 2.04. The highest BCUT2D eigenvalue weighted by molar-refractivity contribution is 7.18. The Labute approximate surface area is 152 Å². The number of aliphatic hydroxyl groups excluding tert-OH is 1. The fourth-order valence-corrected chi connectivity index (χ4v) is 5.47. The van der Waals surface area contributed by atoms with Crippen molar-refractivity contribution in [1.29, 1.82) is 0 Å². The zero-order valence-electron chi connectivity index (χ0n) is 13.8. The zero-order chi connectivity index (χ0) is 18.2. The van der Waals surface area contributed by atoms with Gasteiger partial charge < -0.3 is 15.1 Å². The molecule has 9 heteroatoms. The number of carboxylic acids is 1. The summed E-state index contributed by atoms with van der Waals surface area (Å²) in [5.74, 6) is -2.20. The lowest BCUT2D eigenvalue weighted by Crippen LogP contribution is -2.63. The predicted molar refractivity (Wildman–Crippen MR) is 91.0 cm³/mol. The third-order valence-corrected chi connectivity index (χ3v) is 6.82. The van der Waals surface area contributed by atoms with Crippen molar-refractivity contribution >= 4 is 45.2 Å². The molecule has 25 heavy (non-hydrogen) atoms. The number of aliphatic carboxylic acids is 1. The molecular weight excluding hydrogens is 366 g/mol. The second-order valence-electron chi connectivity index (χ2n) is 6.65. The largest absolute Gasteiger partial charge is 0.477 e. The number of hydrogen-bond donors (Lipinski definition) is 2. The molecule has 4 heterocycles. The average Bonchev–Trinajstić information content (AvgIpc) is 3.10. The number of aromatic nitrogens is 2. The first kappa shape index (κ1) is 16.6. The Balaban J connectivity index is 1.86. The molecule has 4 rings (SSSR count). The van der Waals surface area contributed by atoms with Gasteiger partial charge in [-0.25, -0.2) is 9.36 Å². The smallest absolute Gasteiger partial charge is 0.352 e. The van der Waals surface area contributed by atoms with E-state index in [1.54, 1.807) is 11.5 Å². The van der Waals surface area contributed by atoms with E-state index < -0.39 is 18.0 Å². The molecule has 0 spiro atoms. The van der Waals surface area contributed by atoms with Crippen LogP contribution in [0.25, 0.3) is 10.4 Å². The number of nitrogens with zero attached hydrogens (tertiary/aromatic N) is 3. The van der Waals surface area contributed by atoms with Crippen LogP contribution in [0.15, 0.2) is 18.2 Å². The molecule has 0 radical (unpaired) electrons. The van der Waals surface area contributed by atoms with Crippen LogP contribution in [-0.4, -0.2) is 43.7 Å². The van der Waals surface area contributed by atoms with E-state index in [4.69, 9.17) is 11.6 Å². The number of carbonyl (C=O) groups is 2. The lowest BCUT2D eigenvalue weighted by molar-refractivity contribution is -0.508. The molecule has 1 fully saturated rings. The van der Waals surface area contributed by atoms with Gasteiger partial charge >= 0.3 is 5.97 Å². The van der Waals surface area contributed by atoms with Crippen LogP contribution in [0.2, 0.25) is 5.15 Å². The summed E-state index contributed by atoms with van der Waals surface area (Å²) in [5, 5.41) is 20.2. The van der Waals surface area contributed by atoms with Crippen LogP contribution >= 0.6 is 22.9 Å². The van der Waals surface area contributed by atoms with Crippen molar-refractivity contribution in [2.75, 3.05) is 0 Å². The Morgan fingerprint density at radius 3 is 2.72 bits per heavy atom. The van der Waals surface area contributed by atoms with Gasteiger partial charge in [0.25, 0.3) is 11.5 Å². The van der Waals surface area contributed by atoms with E-state index in [0.29, 0.717) is 10.7 Å². The van der Waals surface area contributed by atoms with E-state index in [-0.39, 0.29) is 23.6 Å². The summed E-state index contributed by atoms with van der Waals surface area (Å²) in [6, 6.07) is -0.318. The van der Waals surface area contributed by atoms with Crippen LogP contribution in [0.5, 0.6) is 0 Å². The van der Waals surface area contributed by atoms with Crippen LogP contribution in [0.3, 0.4) is 0 Å². The van der Waals surface area contributed by atoms with Gasteiger partial charge in [0.15, 0.2) is 0 Å². The summed E-state index contributed by atoms with van der Waals surface area (Å²) in [7, 11) is 1.83. The Bertz CT molecular complexity index is 960. The number of amides is 1. The molecule has 0 saturated carbocycles. The maximum atomic E-state index is 12.4. The van der Waals surface area contributed by atoms with Crippen LogP contribution in [0, 0.1) is 11.8 Å². The number of rotatable bonds is 3. The predicted octanol–water partition coefficient (Wildman–Crippen LogP) is 1.13. The molecule has 0 unspecified atom stereocenters. The van der Waals surface area contributed by atoms with Gasteiger partial charge in [0.1, 0.15) is 11.9 Å². The Morgan fingerprint density at radius 2 is 2.16 bits per heavy atom. The molecule has 0 aromatic carbocycles. The number of thiazole rings is 1. The highest BCUT2D eigenvalue weighted by Crippen LogP contribution is 2.51. The lowest BCUT2D eigenvalue weighted by atomic mass is 9.77. The van der Waals surface area contributed by atoms with Gasteiger partial charge in [-0.1, -0.05) is 18.3 Å². The third-order valence-electron chi connectivity index (χ3n) is 5.12. The number of hydrogen-bond acceptors (Lipinski definition) is 4. The number of imidazole rings is 1. The number of carbonyl (C=O) groups excluding carboxylic acids is 1. The fraction of sp³-hybridized carbons (Fsp3) is 0.438. The summed E-state index contributed by atoms with van der Waals surface area (Å²) in [4.78, 5) is 27.2. The molecule has 0 bridgehead atoms. The maximum absolute atomic E-state index is 12.4. The second kappa shape index (κ2) is 5.30. The minimum Gasteiger partial charge on any atom is -0.477 e. The van der Waals surface area contributed by atoms with Gasteiger partial charge in [-0.05, 0) is 18.5 Å². The second-order valence-corrected chi connectivity index (χ2v) is 8.04. The highest BCUT2D eigenvalue weighted by Gasteiger charge is 2.60. The monoisotopic (exact) mass is 382 g/mol. The normalized spacial score (nSPS) is 27.0. The van der Waals surface area contributed by atoms with Crippen LogP contribution in [-0.2, 0) is 16.6 Å². The Morgan fingerprint density at radius 1 is 1.48 bits per heavy atom.